The number of hydrogen-bond donors (Lipinski definition) is 3. The van der Waals surface area contributed by atoms with Crippen LogP contribution in [0.2, 0.25) is 0 Å². The number of para-hydroxylation sites is 1. The first-order chi connectivity index (χ1) is 14.0. The Balaban J connectivity index is 1.42. The van der Waals surface area contributed by atoms with Gasteiger partial charge in [-0.15, -0.1) is 11.3 Å². The van der Waals surface area contributed by atoms with Gasteiger partial charge in [0.15, 0.2) is 6.10 Å². The lowest BCUT2D eigenvalue weighted by atomic mass is 10.1. The predicted octanol–water partition coefficient (Wildman–Crippen LogP) is 3.17. The zero-order chi connectivity index (χ0) is 20.4. The Hall–Kier alpha value is -3.00. The highest BCUT2D eigenvalue weighted by Gasteiger charge is 2.28. The maximum absolute atomic E-state index is 12.3. The SMILES string of the molecule is COc1ccc2cc(CNC(=O)C(O)C(O)c3nc4ccccc4s3)ccc2c1. The highest BCUT2D eigenvalue weighted by molar-refractivity contribution is 7.18. The Bertz CT molecular complexity index is 1140. The summed E-state index contributed by atoms with van der Waals surface area (Å²) in [4.78, 5) is 16.6. The Labute approximate surface area is 171 Å². The van der Waals surface area contributed by atoms with Gasteiger partial charge in [-0.2, -0.15) is 0 Å². The van der Waals surface area contributed by atoms with Gasteiger partial charge in [-0.25, -0.2) is 4.98 Å². The van der Waals surface area contributed by atoms with E-state index in [0.717, 1.165) is 32.3 Å². The molecule has 3 N–H and O–H groups in total. The van der Waals surface area contributed by atoms with E-state index in [-0.39, 0.29) is 6.54 Å². The summed E-state index contributed by atoms with van der Waals surface area (Å²) in [5, 5.41) is 25.7. The van der Waals surface area contributed by atoms with Crippen molar-refractivity contribution >= 4 is 38.2 Å². The van der Waals surface area contributed by atoms with Gasteiger partial charge in [0, 0.05) is 6.54 Å². The van der Waals surface area contributed by atoms with Crippen molar-refractivity contribution in [2.45, 2.75) is 18.8 Å². The number of ether oxygens (including phenoxy) is 1. The van der Waals surface area contributed by atoms with Crippen molar-refractivity contribution in [3.63, 3.8) is 0 Å². The normalized spacial score (nSPS) is 13.3. The largest absolute Gasteiger partial charge is 0.497 e. The number of aromatic nitrogens is 1. The Morgan fingerprint density at radius 3 is 2.66 bits per heavy atom. The van der Waals surface area contributed by atoms with E-state index >= 15 is 0 Å². The van der Waals surface area contributed by atoms with E-state index < -0.39 is 18.1 Å². The molecule has 1 amide bonds. The van der Waals surface area contributed by atoms with E-state index in [1.807, 2.05) is 60.7 Å². The molecule has 7 heteroatoms. The van der Waals surface area contributed by atoms with Crippen molar-refractivity contribution in [1.29, 1.82) is 0 Å². The highest BCUT2D eigenvalue weighted by Crippen LogP contribution is 2.28. The van der Waals surface area contributed by atoms with Crippen LogP contribution in [-0.2, 0) is 11.3 Å². The first-order valence-electron chi connectivity index (χ1n) is 9.11. The number of amides is 1. The quantitative estimate of drug-likeness (QED) is 0.456. The summed E-state index contributed by atoms with van der Waals surface area (Å²) >= 11 is 1.26. The van der Waals surface area contributed by atoms with Crippen LogP contribution in [-0.4, -0.2) is 34.3 Å². The molecule has 4 aromatic rings. The molecule has 0 radical (unpaired) electrons. The maximum atomic E-state index is 12.3. The number of fused-ring (bicyclic) bond motifs is 2. The number of nitrogens with one attached hydrogen (secondary N) is 1. The minimum atomic E-state index is -1.60. The lowest BCUT2D eigenvalue weighted by molar-refractivity contribution is -0.135. The Morgan fingerprint density at radius 1 is 1.10 bits per heavy atom. The van der Waals surface area contributed by atoms with Crippen LogP contribution >= 0.6 is 11.3 Å². The fourth-order valence-corrected chi connectivity index (χ4v) is 4.08. The average molecular weight is 408 g/mol. The topological polar surface area (TPSA) is 91.7 Å². The van der Waals surface area contributed by atoms with E-state index in [9.17, 15) is 15.0 Å². The number of carbonyl (C=O) groups excluding carboxylic acids is 1. The van der Waals surface area contributed by atoms with Gasteiger partial charge < -0.3 is 20.3 Å². The maximum Gasteiger partial charge on any atom is 0.252 e. The van der Waals surface area contributed by atoms with Gasteiger partial charge in [-0.1, -0.05) is 30.3 Å². The number of thiazole rings is 1. The summed E-state index contributed by atoms with van der Waals surface area (Å²) in [6.45, 7) is 0.241. The molecule has 6 nitrogen and oxygen atoms in total. The van der Waals surface area contributed by atoms with Crippen LogP contribution in [0.1, 0.15) is 16.7 Å². The average Bonchev–Trinajstić information content (AvgIpc) is 3.20. The summed E-state index contributed by atoms with van der Waals surface area (Å²) in [7, 11) is 1.62. The smallest absolute Gasteiger partial charge is 0.252 e. The second-order valence-electron chi connectivity index (χ2n) is 6.67. The van der Waals surface area contributed by atoms with Crippen molar-refractivity contribution in [1.82, 2.24) is 10.3 Å². The van der Waals surface area contributed by atoms with Crippen LogP contribution in [0.4, 0.5) is 0 Å². The van der Waals surface area contributed by atoms with Crippen LogP contribution in [0.3, 0.4) is 0 Å². The molecule has 4 rings (SSSR count). The van der Waals surface area contributed by atoms with Crippen molar-refractivity contribution in [2.75, 3.05) is 7.11 Å². The molecule has 2 atom stereocenters. The summed E-state index contributed by atoms with van der Waals surface area (Å²) < 4.78 is 6.11. The third-order valence-corrected chi connectivity index (χ3v) is 5.82. The third-order valence-electron chi connectivity index (χ3n) is 4.71. The van der Waals surface area contributed by atoms with Crippen molar-refractivity contribution in [2.24, 2.45) is 0 Å². The molecule has 1 heterocycles. The van der Waals surface area contributed by atoms with Crippen LogP contribution in [0.15, 0.2) is 60.7 Å². The molecule has 0 bridgehead atoms. The molecule has 0 saturated carbocycles. The molecule has 1 aromatic heterocycles. The lowest BCUT2D eigenvalue weighted by Crippen LogP contribution is -2.38. The second kappa shape index (κ2) is 8.16. The zero-order valence-corrected chi connectivity index (χ0v) is 16.5. The molecule has 0 aliphatic heterocycles. The molecular formula is C22H20N2O4S. The molecule has 29 heavy (non-hydrogen) atoms. The molecule has 148 valence electrons. The number of hydrogen-bond acceptors (Lipinski definition) is 6. The minimum absolute atomic E-state index is 0.241. The molecule has 0 aliphatic rings. The highest BCUT2D eigenvalue weighted by atomic mass is 32.1. The molecule has 0 aliphatic carbocycles. The first kappa shape index (κ1) is 19.3. The van der Waals surface area contributed by atoms with Crippen LogP contribution in [0.5, 0.6) is 5.75 Å². The van der Waals surface area contributed by atoms with E-state index in [4.69, 9.17) is 4.74 Å². The molecule has 0 saturated heterocycles. The first-order valence-corrected chi connectivity index (χ1v) is 9.93. The number of nitrogens with zero attached hydrogens (tertiary/aromatic N) is 1. The molecule has 2 unspecified atom stereocenters. The molecule has 0 spiro atoms. The number of methoxy groups -OCH3 is 1. The predicted molar refractivity (Wildman–Crippen MR) is 113 cm³/mol. The zero-order valence-electron chi connectivity index (χ0n) is 15.7. The minimum Gasteiger partial charge on any atom is -0.497 e. The van der Waals surface area contributed by atoms with Gasteiger partial charge in [0.1, 0.15) is 16.9 Å². The van der Waals surface area contributed by atoms with Crippen LogP contribution in [0.25, 0.3) is 21.0 Å². The number of aliphatic hydroxyl groups excluding tert-OH is 2. The van der Waals surface area contributed by atoms with E-state index in [1.54, 1.807) is 7.11 Å². The molecule has 0 fully saturated rings. The van der Waals surface area contributed by atoms with Gasteiger partial charge >= 0.3 is 0 Å². The Morgan fingerprint density at radius 2 is 1.86 bits per heavy atom. The standard InChI is InChI=1S/C22H20N2O4S/c1-28-16-9-8-14-10-13(6-7-15(14)11-16)12-23-21(27)19(25)20(26)22-24-17-4-2-3-5-18(17)29-22/h2-11,19-20,25-26H,12H2,1H3,(H,23,27). The molecule has 3 aromatic carbocycles. The van der Waals surface area contributed by atoms with Crippen molar-refractivity contribution < 1.29 is 19.7 Å². The van der Waals surface area contributed by atoms with Gasteiger partial charge in [0.05, 0.1) is 17.3 Å². The number of benzene rings is 3. The van der Waals surface area contributed by atoms with Crippen LogP contribution < -0.4 is 10.1 Å². The number of rotatable bonds is 6. The number of carbonyl (C=O) groups is 1. The lowest BCUT2D eigenvalue weighted by Gasteiger charge is -2.15. The van der Waals surface area contributed by atoms with E-state index in [2.05, 4.69) is 10.3 Å². The summed E-state index contributed by atoms with van der Waals surface area (Å²) in [5.74, 6) is 0.136. The fraction of sp³-hybridized carbons (Fsp3) is 0.182. The van der Waals surface area contributed by atoms with Gasteiger partial charge in [-0.3, -0.25) is 4.79 Å². The Kier molecular flexibility index (Phi) is 5.44. The monoisotopic (exact) mass is 408 g/mol. The third kappa shape index (κ3) is 4.07. The second-order valence-corrected chi connectivity index (χ2v) is 7.74. The summed E-state index contributed by atoms with van der Waals surface area (Å²) in [6.07, 6.45) is -2.98. The van der Waals surface area contributed by atoms with Gasteiger partial charge in [-0.05, 0) is 46.7 Å². The van der Waals surface area contributed by atoms with Gasteiger partial charge in [0.25, 0.3) is 5.91 Å². The van der Waals surface area contributed by atoms with Crippen molar-refractivity contribution in [3.8, 4) is 5.75 Å². The van der Waals surface area contributed by atoms with E-state index in [1.165, 1.54) is 11.3 Å². The summed E-state index contributed by atoms with van der Waals surface area (Å²) in [5.41, 5.74) is 1.62. The number of aliphatic hydroxyl groups is 2. The van der Waals surface area contributed by atoms with Crippen LogP contribution in [0, 0.1) is 0 Å². The fourth-order valence-electron chi connectivity index (χ4n) is 3.10. The van der Waals surface area contributed by atoms with Gasteiger partial charge in [0.2, 0.25) is 0 Å². The van der Waals surface area contributed by atoms with Crippen molar-refractivity contribution in [3.05, 3.63) is 71.2 Å². The summed E-state index contributed by atoms with van der Waals surface area (Å²) in [6, 6.07) is 19.0. The van der Waals surface area contributed by atoms with E-state index in [0.29, 0.717) is 5.01 Å². The molecular weight excluding hydrogens is 388 g/mol.